The first-order valence-corrected chi connectivity index (χ1v) is 6.31. The zero-order chi connectivity index (χ0) is 13.8. The van der Waals surface area contributed by atoms with Gasteiger partial charge in [-0.1, -0.05) is 6.07 Å². The van der Waals surface area contributed by atoms with Gasteiger partial charge in [0.25, 0.3) is 5.91 Å². The number of nitrogens with zero attached hydrogens (tertiary/aromatic N) is 1. The molecule has 0 spiro atoms. The number of amides is 1. The van der Waals surface area contributed by atoms with Gasteiger partial charge in [-0.3, -0.25) is 9.59 Å². The van der Waals surface area contributed by atoms with Crippen molar-refractivity contribution in [3.05, 3.63) is 29.3 Å². The van der Waals surface area contributed by atoms with E-state index in [4.69, 9.17) is 0 Å². The fourth-order valence-electron chi connectivity index (χ4n) is 2.25. The average Bonchev–Trinajstić information content (AvgIpc) is 2.45. The molecule has 1 heterocycles. The Balaban J connectivity index is 2.21. The molecule has 0 atom stereocenters. The summed E-state index contributed by atoms with van der Waals surface area (Å²) in [6.07, 6.45) is 1.90. The number of carbonyl (C=O) groups is 2. The third kappa shape index (κ3) is 2.86. The quantitative estimate of drug-likeness (QED) is 0.834. The van der Waals surface area contributed by atoms with Gasteiger partial charge < -0.3 is 15.0 Å². The van der Waals surface area contributed by atoms with E-state index in [0.29, 0.717) is 5.56 Å². The molecule has 0 bridgehead atoms. The van der Waals surface area contributed by atoms with Crippen molar-refractivity contribution in [1.29, 1.82) is 0 Å². The lowest BCUT2D eigenvalue weighted by molar-refractivity contribution is -0.141. The predicted octanol–water partition coefficient (Wildman–Crippen LogP) is 1.29. The van der Waals surface area contributed by atoms with E-state index in [2.05, 4.69) is 10.1 Å². The van der Waals surface area contributed by atoms with Crippen LogP contribution in [0.25, 0.3) is 0 Å². The lowest BCUT2D eigenvalue weighted by atomic mass is 9.97. The molecule has 1 aromatic carbocycles. The fourth-order valence-corrected chi connectivity index (χ4v) is 2.25. The first kappa shape index (κ1) is 13.4. The second-order valence-corrected chi connectivity index (χ2v) is 4.60. The summed E-state index contributed by atoms with van der Waals surface area (Å²) in [4.78, 5) is 25.0. The van der Waals surface area contributed by atoms with Gasteiger partial charge in [0.05, 0.1) is 7.11 Å². The van der Waals surface area contributed by atoms with Crippen molar-refractivity contribution in [3.63, 3.8) is 0 Å². The SMILES string of the molecule is COC(=O)CN(C)C(=O)c1cccc2c1CCCN2. The molecule has 2 rings (SSSR count). The number of likely N-dealkylation sites (N-methyl/N-ethyl adjacent to an activating group) is 1. The molecule has 0 saturated heterocycles. The van der Waals surface area contributed by atoms with Crippen LogP contribution in [-0.2, 0) is 16.0 Å². The van der Waals surface area contributed by atoms with Crippen molar-refractivity contribution in [2.24, 2.45) is 0 Å². The number of ether oxygens (including phenoxy) is 1. The Hall–Kier alpha value is -2.04. The summed E-state index contributed by atoms with van der Waals surface area (Å²) in [5.74, 6) is -0.565. The summed E-state index contributed by atoms with van der Waals surface area (Å²) in [6.45, 7) is 0.898. The van der Waals surface area contributed by atoms with Crippen molar-refractivity contribution in [3.8, 4) is 0 Å². The lowest BCUT2D eigenvalue weighted by Gasteiger charge is -2.23. The van der Waals surface area contributed by atoms with E-state index in [-0.39, 0.29) is 12.5 Å². The molecule has 5 nitrogen and oxygen atoms in total. The molecule has 1 aliphatic heterocycles. The second-order valence-electron chi connectivity index (χ2n) is 4.60. The molecule has 1 N–H and O–H groups in total. The van der Waals surface area contributed by atoms with Gasteiger partial charge in [-0.05, 0) is 30.5 Å². The van der Waals surface area contributed by atoms with Crippen LogP contribution in [0.2, 0.25) is 0 Å². The van der Waals surface area contributed by atoms with E-state index in [0.717, 1.165) is 30.6 Å². The van der Waals surface area contributed by atoms with Crippen molar-refractivity contribution in [2.75, 3.05) is 32.6 Å². The van der Waals surface area contributed by atoms with E-state index in [9.17, 15) is 9.59 Å². The van der Waals surface area contributed by atoms with Crippen LogP contribution >= 0.6 is 0 Å². The number of benzene rings is 1. The van der Waals surface area contributed by atoms with Gasteiger partial charge >= 0.3 is 5.97 Å². The highest BCUT2D eigenvalue weighted by molar-refractivity contribution is 5.98. The summed E-state index contributed by atoms with van der Waals surface area (Å²) in [5, 5.41) is 3.29. The number of rotatable bonds is 3. The summed E-state index contributed by atoms with van der Waals surface area (Å²) >= 11 is 0. The highest BCUT2D eigenvalue weighted by atomic mass is 16.5. The van der Waals surface area contributed by atoms with Crippen LogP contribution < -0.4 is 5.32 Å². The Bertz CT molecular complexity index is 499. The van der Waals surface area contributed by atoms with Crippen molar-refractivity contribution in [2.45, 2.75) is 12.8 Å². The van der Waals surface area contributed by atoms with Crippen molar-refractivity contribution < 1.29 is 14.3 Å². The summed E-state index contributed by atoms with van der Waals surface area (Å²) in [7, 11) is 2.92. The largest absolute Gasteiger partial charge is 0.468 e. The van der Waals surface area contributed by atoms with E-state index < -0.39 is 5.97 Å². The molecule has 0 aromatic heterocycles. The molecule has 1 aromatic rings. The maximum atomic E-state index is 12.4. The van der Waals surface area contributed by atoms with Gasteiger partial charge in [0, 0.05) is 24.8 Å². The molecule has 0 saturated carbocycles. The predicted molar refractivity (Wildman–Crippen MR) is 72.2 cm³/mol. The topological polar surface area (TPSA) is 58.6 Å². The highest BCUT2D eigenvalue weighted by Crippen LogP contribution is 2.25. The van der Waals surface area contributed by atoms with Gasteiger partial charge in [-0.15, -0.1) is 0 Å². The number of carbonyl (C=O) groups excluding carboxylic acids is 2. The Labute approximate surface area is 112 Å². The minimum atomic E-state index is -0.418. The minimum absolute atomic E-state index is 0.0353. The maximum absolute atomic E-state index is 12.4. The van der Waals surface area contributed by atoms with Crippen LogP contribution in [0.3, 0.4) is 0 Å². The Morgan fingerprint density at radius 3 is 2.95 bits per heavy atom. The van der Waals surface area contributed by atoms with Gasteiger partial charge in [0.1, 0.15) is 6.54 Å². The molecule has 19 heavy (non-hydrogen) atoms. The zero-order valence-corrected chi connectivity index (χ0v) is 11.2. The van der Waals surface area contributed by atoms with Crippen LogP contribution in [0, 0.1) is 0 Å². The number of hydrogen-bond donors (Lipinski definition) is 1. The van der Waals surface area contributed by atoms with E-state index in [1.807, 2.05) is 18.2 Å². The van der Waals surface area contributed by atoms with Gasteiger partial charge in [-0.2, -0.15) is 0 Å². The fraction of sp³-hybridized carbons (Fsp3) is 0.429. The molecule has 5 heteroatoms. The second kappa shape index (κ2) is 5.73. The molecule has 0 unspecified atom stereocenters. The normalized spacial score (nSPS) is 13.2. The smallest absolute Gasteiger partial charge is 0.325 e. The minimum Gasteiger partial charge on any atom is -0.468 e. The van der Waals surface area contributed by atoms with Crippen LogP contribution in [0.5, 0.6) is 0 Å². The highest BCUT2D eigenvalue weighted by Gasteiger charge is 2.21. The Kier molecular flexibility index (Phi) is 4.04. The number of nitrogens with one attached hydrogen (secondary N) is 1. The van der Waals surface area contributed by atoms with E-state index >= 15 is 0 Å². The Morgan fingerprint density at radius 2 is 2.21 bits per heavy atom. The molecule has 0 radical (unpaired) electrons. The number of methoxy groups -OCH3 is 1. The molecule has 1 amide bonds. The molecular formula is C14H18N2O3. The van der Waals surface area contributed by atoms with Crippen molar-refractivity contribution in [1.82, 2.24) is 4.90 Å². The first-order valence-electron chi connectivity index (χ1n) is 6.31. The molecule has 1 aliphatic rings. The van der Waals surface area contributed by atoms with Gasteiger partial charge in [0.15, 0.2) is 0 Å². The summed E-state index contributed by atoms with van der Waals surface area (Å²) in [5.41, 5.74) is 2.72. The number of esters is 1. The van der Waals surface area contributed by atoms with Crippen LogP contribution in [0.1, 0.15) is 22.3 Å². The summed E-state index contributed by atoms with van der Waals surface area (Å²) < 4.78 is 4.57. The third-order valence-corrected chi connectivity index (χ3v) is 3.27. The van der Waals surface area contributed by atoms with E-state index in [1.165, 1.54) is 12.0 Å². The molecule has 102 valence electrons. The molecular weight excluding hydrogens is 244 g/mol. The van der Waals surface area contributed by atoms with Gasteiger partial charge in [-0.25, -0.2) is 0 Å². The van der Waals surface area contributed by atoms with Crippen LogP contribution in [0.15, 0.2) is 18.2 Å². The van der Waals surface area contributed by atoms with Crippen molar-refractivity contribution >= 4 is 17.6 Å². The number of hydrogen-bond acceptors (Lipinski definition) is 4. The zero-order valence-electron chi connectivity index (χ0n) is 11.2. The maximum Gasteiger partial charge on any atom is 0.325 e. The number of fused-ring (bicyclic) bond motifs is 1. The van der Waals surface area contributed by atoms with E-state index in [1.54, 1.807) is 7.05 Å². The monoisotopic (exact) mass is 262 g/mol. The van der Waals surface area contributed by atoms with Crippen LogP contribution in [-0.4, -0.2) is 44.0 Å². The first-order chi connectivity index (χ1) is 9.13. The lowest BCUT2D eigenvalue weighted by Crippen LogP contribution is -2.33. The number of anilines is 1. The standard InChI is InChI=1S/C14H18N2O3/c1-16(9-13(17)19-2)14(18)11-5-3-7-12-10(11)6-4-8-15-12/h3,5,7,15H,4,6,8-9H2,1-2H3. The average molecular weight is 262 g/mol. The third-order valence-electron chi connectivity index (χ3n) is 3.27. The Morgan fingerprint density at radius 1 is 1.42 bits per heavy atom. The van der Waals surface area contributed by atoms with Gasteiger partial charge in [0.2, 0.25) is 0 Å². The van der Waals surface area contributed by atoms with Crippen LogP contribution in [0.4, 0.5) is 5.69 Å². The summed E-state index contributed by atoms with van der Waals surface area (Å²) in [6, 6.07) is 5.64. The molecule has 0 aliphatic carbocycles. The molecule has 0 fully saturated rings.